The van der Waals surface area contributed by atoms with Crippen LogP contribution >= 0.6 is 17.0 Å². The van der Waals surface area contributed by atoms with Gasteiger partial charge in [-0.3, -0.25) is 4.79 Å². The van der Waals surface area contributed by atoms with Gasteiger partial charge in [0.25, 0.3) is 0 Å². The van der Waals surface area contributed by atoms with Crippen molar-refractivity contribution in [3.8, 4) is 0 Å². The van der Waals surface area contributed by atoms with Gasteiger partial charge in [0.1, 0.15) is 0 Å². The number of carbonyl (C=O) groups excluding carboxylic acids is 1. The van der Waals surface area contributed by atoms with E-state index in [9.17, 15) is 4.79 Å². The summed E-state index contributed by atoms with van der Waals surface area (Å²) in [6.07, 6.45) is 1.81. The molecule has 0 unspecified atom stereocenters. The van der Waals surface area contributed by atoms with Gasteiger partial charge in [0.15, 0.2) is 0 Å². The highest BCUT2D eigenvalue weighted by Crippen LogP contribution is 2.04. The Balaban J connectivity index is 0.000000490. The number of halogens is 1. The smallest absolute Gasteiger partial charge is 0.222 e. The van der Waals surface area contributed by atoms with Crippen LogP contribution in [0.2, 0.25) is 0 Å². The summed E-state index contributed by atoms with van der Waals surface area (Å²) in [6.45, 7) is 0.957. The molecular formula is C5H9BrNO. The van der Waals surface area contributed by atoms with E-state index in [0.717, 1.165) is 19.4 Å². The van der Waals surface area contributed by atoms with Crippen molar-refractivity contribution in [3.05, 3.63) is 0 Å². The summed E-state index contributed by atoms with van der Waals surface area (Å²) in [7, 11) is 1.84. The van der Waals surface area contributed by atoms with Crippen molar-refractivity contribution in [1.29, 1.82) is 0 Å². The fraction of sp³-hybridized carbons (Fsp3) is 0.800. The molecule has 1 aliphatic heterocycles. The fourth-order valence-electron chi connectivity index (χ4n) is 0.783. The van der Waals surface area contributed by atoms with Crippen LogP contribution in [0, 0.1) is 0 Å². The summed E-state index contributed by atoms with van der Waals surface area (Å²) in [6, 6.07) is 0. The fourth-order valence-corrected chi connectivity index (χ4v) is 0.783. The summed E-state index contributed by atoms with van der Waals surface area (Å²) >= 11 is 0. The van der Waals surface area contributed by atoms with E-state index in [1.165, 1.54) is 0 Å². The zero-order valence-electron chi connectivity index (χ0n) is 4.85. The Morgan fingerprint density at radius 2 is 2.25 bits per heavy atom. The zero-order valence-corrected chi connectivity index (χ0v) is 6.44. The predicted molar refractivity (Wildman–Crippen MR) is 35.8 cm³/mol. The van der Waals surface area contributed by atoms with Crippen molar-refractivity contribution in [1.82, 2.24) is 4.90 Å². The van der Waals surface area contributed by atoms with Crippen molar-refractivity contribution < 1.29 is 4.79 Å². The van der Waals surface area contributed by atoms with Crippen molar-refractivity contribution in [2.75, 3.05) is 13.6 Å². The first-order valence-electron chi connectivity index (χ1n) is 2.54. The summed E-state index contributed by atoms with van der Waals surface area (Å²) in [4.78, 5) is 12.3. The van der Waals surface area contributed by atoms with E-state index in [0.29, 0.717) is 5.91 Å². The first-order valence-corrected chi connectivity index (χ1v) is 2.54. The summed E-state index contributed by atoms with van der Waals surface area (Å²) in [5.41, 5.74) is 0. The van der Waals surface area contributed by atoms with Gasteiger partial charge < -0.3 is 4.90 Å². The molecule has 1 saturated heterocycles. The van der Waals surface area contributed by atoms with Gasteiger partial charge in [-0.1, -0.05) is 0 Å². The average Bonchev–Trinajstić information content (AvgIpc) is 1.91. The second-order valence-electron chi connectivity index (χ2n) is 1.92. The van der Waals surface area contributed by atoms with Gasteiger partial charge in [-0.25, -0.2) is 0 Å². The minimum atomic E-state index is 0. The molecule has 1 radical (unpaired) electrons. The maximum Gasteiger partial charge on any atom is 0.222 e. The van der Waals surface area contributed by atoms with Gasteiger partial charge >= 0.3 is 0 Å². The van der Waals surface area contributed by atoms with Crippen LogP contribution < -0.4 is 0 Å². The molecular weight excluding hydrogens is 170 g/mol. The standard InChI is InChI=1S/C5H9NO.Br/c1-6-4-2-3-5(6)7;/h2-4H2,1H3;. The molecule has 0 saturated carbocycles. The first-order chi connectivity index (χ1) is 3.30. The molecule has 0 aromatic carbocycles. The second kappa shape index (κ2) is 3.07. The van der Waals surface area contributed by atoms with Gasteiger partial charge in [-0.15, -0.1) is 0 Å². The van der Waals surface area contributed by atoms with Crippen molar-refractivity contribution in [2.24, 2.45) is 0 Å². The largest absolute Gasteiger partial charge is 0.346 e. The number of rotatable bonds is 0. The third kappa shape index (κ3) is 1.47. The SMILES string of the molecule is CN1CCCC1=O.[Br]. The Morgan fingerprint density at radius 3 is 2.38 bits per heavy atom. The molecule has 1 amide bonds. The molecule has 3 heteroatoms. The van der Waals surface area contributed by atoms with Crippen LogP contribution in [0.4, 0.5) is 0 Å². The third-order valence-electron chi connectivity index (χ3n) is 1.31. The number of nitrogens with zero attached hydrogens (tertiary/aromatic N) is 1. The van der Waals surface area contributed by atoms with Crippen LogP contribution in [0.15, 0.2) is 0 Å². The van der Waals surface area contributed by atoms with E-state index in [4.69, 9.17) is 0 Å². The molecule has 1 heterocycles. The van der Waals surface area contributed by atoms with Crippen molar-refractivity contribution >= 4 is 22.9 Å². The molecule has 0 aromatic heterocycles. The summed E-state index contributed by atoms with van der Waals surface area (Å²) < 4.78 is 0. The minimum absolute atomic E-state index is 0. The molecule has 0 atom stereocenters. The minimum Gasteiger partial charge on any atom is -0.346 e. The molecule has 1 fully saturated rings. The average molecular weight is 179 g/mol. The Labute approximate surface area is 59.6 Å². The van der Waals surface area contributed by atoms with E-state index in [2.05, 4.69) is 0 Å². The van der Waals surface area contributed by atoms with Crippen LogP contribution in [-0.4, -0.2) is 24.4 Å². The highest BCUT2D eigenvalue weighted by atomic mass is 79.9. The van der Waals surface area contributed by atoms with Gasteiger partial charge in [0, 0.05) is 37.0 Å². The lowest BCUT2D eigenvalue weighted by Crippen LogP contribution is -2.17. The van der Waals surface area contributed by atoms with Crippen LogP contribution in [0.1, 0.15) is 12.8 Å². The number of hydrogen-bond acceptors (Lipinski definition) is 1. The number of carbonyl (C=O) groups is 1. The number of amides is 1. The van der Waals surface area contributed by atoms with Gasteiger partial charge in [0.2, 0.25) is 5.91 Å². The monoisotopic (exact) mass is 178 g/mol. The quantitative estimate of drug-likeness (QED) is 0.544. The van der Waals surface area contributed by atoms with Gasteiger partial charge in [0.05, 0.1) is 0 Å². The van der Waals surface area contributed by atoms with Crippen LogP contribution in [0.3, 0.4) is 0 Å². The Morgan fingerprint density at radius 1 is 1.62 bits per heavy atom. The Hall–Kier alpha value is -0.0500. The van der Waals surface area contributed by atoms with Crippen LogP contribution in [0.25, 0.3) is 0 Å². The molecule has 1 rings (SSSR count). The van der Waals surface area contributed by atoms with E-state index >= 15 is 0 Å². The molecule has 0 bridgehead atoms. The molecule has 8 heavy (non-hydrogen) atoms. The Kier molecular flexibility index (Phi) is 3.05. The lowest BCUT2D eigenvalue weighted by atomic mass is 10.4. The Bertz CT molecular complexity index is 94.4. The molecule has 0 aliphatic carbocycles. The number of hydrogen-bond donors (Lipinski definition) is 0. The first kappa shape index (κ1) is 7.95. The molecule has 1 aliphatic rings. The molecule has 2 nitrogen and oxygen atoms in total. The zero-order chi connectivity index (χ0) is 5.28. The van der Waals surface area contributed by atoms with E-state index in [1.54, 1.807) is 4.90 Å². The highest BCUT2D eigenvalue weighted by Gasteiger charge is 2.14. The molecule has 0 aromatic rings. The van der Waals surface area contributed by atoms with Gasteiger partial charge in [-0.2, -0.15) is 0 Å². The normalized spacial score (nSPS) is 18.6. The maximum absolute atomic E-state index is 10.5. The maximum atomic E-state index is 10.5. The van der Waals surface area contributed by atoms with E-state index in [-0.39, 0.29) is 17.0 Å². The van der Waals surface area contributed by atoms with E-state index < -0.39 is 0 Å². The van der Waals surface area contributed by atoms with Crippen molar-refractivity contribution in [3.63, 3.8) is 0 Å². The lowest BCUT2D eigenvalue weighted by molar-refractivity contribution is -0.126. The molecule has 47 valence electrons. The van der Waals surface area contributed by atoms with Crippen LogP contribution in [0.5, 0.6) is 0 Å². The number of likely N-dealkylation sites (tertiary alicyclic amines) is 1. The van der Waals surface area contributed by atoms with E-state index in [1.807, 2.05) is 7.05 Å². The predicted octanol–water partition coefficient (Wildman–Crippen LogP) is 1.08. The van der Waals surface area contributed by atoms with Gasteiger partial charge in [-0.05, 0) is 6.42 Å². The second-order valence-corrected chi connectivity index (χ2v) is 1.92. The third-order valence-corrected chi connectivity index (χ3v) is 1.31. The summed E-state index contributed by atoms with van der Waals surface area (Å²) in [5, 5.41) is 0. The molecule has 0 N–H and O–H groups in total. The molecule has 0 spiro atoms. The lowest BCUT2D eigenvalue weighted by Gasteiger charge is -2.03. The van der Waals surface area contributed by atoms with Crippen molar-refractivity contribution in [2.45, 2.75) is 12.8 Å². The summed E-state index contributed by atoms with van der Waals surface area (Å²) in [5.74, 6) is 0.292. The van der Waals surface area contributed by atoms with Crippen LogP contribution in [-0.2, 0) is 4.79 Å². The topological polar surface area (TPSA) is 20.3 Å². The highest BCUT2D eigenvalue weighted by molar-refractivity contribution is 8.93.